The van der Waals surface area contributed by atoms with Crippen LogP contribution in [0.15, 0.2) is 42.5 Å². The van der Waals surface area contributed by atoms with Gasteiger partial charge in [-0.3, -0.25) is 9.59 Å². The Labute approximate surface area is 191 Å². The summed E-state index contributed by atoms with van der Waals surface area (Å²) < 4.78 is 7.72. The maximum absolute atomic E-state index is 12.2. The van der Waals surface area contributed by atoms with Gasteiger partial charge < -0.3 is 15.0 Å². The molecule has 2 aromatic carbocycles. The van der Waals surface area contributed by atoms with Gasteiger partial charge in [-0.15, -0.1) is 0 Å². The first-order valence-electron chi connectivity index (χ1n) is 9.73. The van der Waals surface area contributed by atoms with E-state index in [1.54, 1.807) is 61.2 Å². The van der Waals surface area contributed by atoms with Crippen LogP contribution in [0.3, 0.4) is 0 Å². The maximum Gasteiger partial charge on any atom is 0.251 e. The van der Waals surface area contributed by atoms with Crippen molar-refractivity contribution in [1.82, 2.24) is 20.0 Å². The van der Waals surface area contributed by atoms with Crippen LogP contribution in [0, 0.1) is 25.2 Å². The number of amides is 2. The van der Waals surface area contributed by atoms with Crippen molar-refractivity contribution in [2.75, 3.05) is 20.6 Å². The van der Waals surface area contributed by atoms with Gasteiger partial charge in [0.15, 0.2) is 5.75 Å². The molecule has 0 atom stereocenters. The van der Waals surface area contributed by atoms with E-state index in [0.717, 1.165) is 5.69 Å². The topological polar surface area (TPSA) is 100 Å². The molecule has 1 N–H and O–H groups in total. The van der Waals surface area contributed by atoms with Gasteiger partial charge in [-0.05, 0) is 56.3 Å². The van der Waals surface area contributed by atoms with Gasteiger partial charge >= 0.3 is 0 Å². The second-order valence-electron chi connectivity index (χ2n) is 7.28. The van der Waals surface area contributed by atoms with Crippen LogP contribution >= 0.6 is 11.6 Å². The van der Waals surface area contributed by atoms with E-state index in [9.17, 15) is 9.59 Å². The van der Waals surface area contributed by atoms with Crippen LogP contribution in [0.1, 0.15) is 27.3 Å². The Balaban J connectivity index is 1.75. The van der Waals surface area contributed by atoms with Crippen LogP contribution < -0.4 is 10.1 Å². The summed E-state index contributed by atoms with van der Waals surface area (Å²) in [6, 6.07) is 13.7. The summed E-state index contributed by atoms with van der Waals surface area (Å²) in [5.74, 6) is 0.586. The molecule has 3 aromatic rings. The Morgan fingerprint density at radius 2 is 1.88 bits per heavy atom. The van der Waals surface area contributed by atoms with E-state index in [-0.39, 0.29) is 18.4 Å². The number of ether oxygens (including phenoxy) is 1. The van der Waals surface area contributed by atoms with Crippen molar-refractivity contribution in [1.29, 1.82) is 5.26 Å². The quantitative estimate of drug-likeness (QED) is 0.616. The van der Waals surface area contributed by atoms with Crippen molar-refractivity contribution in [3.63, 3.8) is 0 Å². The van der Waals surface area contributed by atoms with Gasteiger partial charge in [0.2, 0.25) is 5.91 Å². The van der Waals surface area contributed by atoms with Crippen molar-refractivity contribution in [2.24, 2.45) is 0 Å². The molecule has 0 saturated heterocycles. The minimum atomic E-state index is -0.343. The van der Waals surface area contributed by atoms with E-state index < -0.39 is 0 Å². The number of nitrogens with zero attached hydrogens (tertiary/aromatic N) is 4. The molecule has 0 bridgehead atoms. The zero-order chi connectivity index (χ0) is 23.4. The molecule has 2 amide bonds. The number of rotatable bonds is 6. The van der Waals surface area contributed by atoms with E-state index in [1.165, 1.54) is 4.90 Å². The summed E-state index contributed by atoms with van der Waals surface area (Å²) in [6.07, 6.45) is 0. The van der Waals surface area contributed by atoms with E-state index in [0.29, 0.717) is 39.0 Å². The number of carbonyl (C=O) groups is 2. The number of aromatic nitrogens is 2. The Kier molecular flexibility index (Phi) is 6.81. The third-order valence-electron chi connectivity index (χ3n) is 4.78. The Morgan fingerprint density at radius 3 is 2.47 bits per heavy atom. The molecule has 0 aliphatic carbocycles. The summed E-state index contributed by atoms with van der Waals surface area (Å²) in [5.41, 5.74) is 2.95. The second-order valence-corrected chi connectivity index (χ2v) is 7.69. The fourth-order valence-corrected chi connectivity index (χ4v) is 3.18. The standard InChI is InChI=1S/C23H22ClN5O3/c1-14-22(15(2)29(27-14)18-8-5-17(12-25)20(24)11-18)32-19-9-6-16(7-10-19)23(31)26-13-21(30)28(3)4/h5-11H,13H2,1-4H3,(H,26,31). The lowest BCUT2D eigenvalue weighted by molar-refractivity contribution is -0.127. The molecule has 0 spiro atoms. The van der Waals surface area contributed by atoms with Crippen LogP contribution in [0.2, 0.25) is 5.02 Å². The van der Waals surface area contributed by atoms with Gasteiger partial charge in [0, 0.05) is 19.7 Å². The number of likely N-dealkylation sites (N-methyl/N-ethyl adjacent to an activating group) is 1. The predicted octanol–water partition coefficient (Wildman–Crippen LogP) is 3.62. The second kappa shape index (κ2) is 9.54. The van der Waals surface area contributed by atoms with Crippen LogP contribution in [-0.2, 0) is 4.79 Å². The summed E-state index contributed by atoms with van der Waals surface area (Å²) in [5, 5.41) is 16.5. The fourth-order valence-electron chi connectivity index (χ4n) is 2.96. The molecule has 164 valence electrons. The minimum absolute atomic E-state index is 0.0684. The average molecular weight is 452 g/mol. The van der Waals surface area contributed by atoms with Gasteiger partial charge in [-0.25, -0.2) is 4.68 Å². The first-order valence-corrected chi connectivity index (χ1v) is 10.1. The Morgan fingerprint density at radius 1 is 1.19 bits per heavy atom. The molecule has 0 aliphatic rings. The van der Waals surface area contributed by atoms with Crippen molar-refractivity contribution >= 4 is 23.4 Å². The molecule has 8 nitrogen and oxygen atoms in total. The number of halogens is 1. The van der Waals surface area contributed by atoms with Crippen molar-refractivity contribution in [2.45, 2.75) is 13.8 Å². The highest BCUT2D eigenvalue weighted by atomic mass is 35.5. The third kappa shape index (κ3) is 4.90. The molecule has 0 saturated carbocycles. The molecule has 32 heavy (non-hydrogen) atoms. The molecule has 1 heterocycles. The number of hydrogen-bond donors (Lipinski definition) is 1. The smallest absolute Gasteiger partial charge is 0.251 e. The number of nitrogens with one attached hydrogen (secondary N) is 1. The van der Waals surface area contributed by atoms with Crippen LogP contribution in [-0.4, -0.2) is 47.1 Å². The largest absolute Gasteiger partial charge is 0.453 e. The van der Waals surface area contributed by atoms with E-state index in [4.69, 9.17) is 21.6 Å². The van der Waals surface area contributed by atoms with E-state index in [1.807, 2.05) is 19.9 Å². The first kappa shape index (κ1) is 22.8. The Hall–Kier alpha value is -3.83. The summed E-state index contributed by atoms with van der Waals surface area (Å²) in [4.78, 5) is 25.2. The summed E-state index contributed by atoms with van der Waals surface area (Å²) in [6.45, 7) is 3.62. The van der Waals surface area contributed by atoms with Crippen LogP contribution in [0.5, 0.6) is 11.5 Å². The highest BCUT2D eigenvalue weighted by Gasteiger charge is 2.16. The van der Waals surface area contributed by atoms with E-state index in [2.05, 4.69) is 10.4 Å². The minimum Gasteiger partial charge on any atom is -0.453 e. The number of carbonyl (C=O) groups excluding carboxylic acids is 2. The fraction of sp³-hybridized carbons (Fsp3) is 0.217. The van der Waals surface area contributed by atoms with Crippen molar-refractivity contribution in [3.05, 3.63) is 70.0 Å². The third-order valence-corrected chi connectivity index (χ3v) is 5.09. The van der Waals surface area contributed by atoms with Gasteiger partial charge in [-0.1, -0.05) is 11.6 Å². The lowest BCUT2D eigenvalue weighted by Gasteiger charge is -2.11. The number of nitriles is 1. The number of hydrogen-bond acceptors (Lipinski definition) is 5. The maximum atomic E-state index is 12.2. The lowest BCUT2D eigenvalue weighted by atomic mass is 10.2. The van der Waals surface area contributed by atoms with Gasteiger partial charge in [0.05, 0.1) is 28.5 Å². The van der Waals surface area contributed by atoms with Crippen molar-refractivity contribution < 1.29 is 14.3 Å². The molecule has 1 aromatic heterocycles. The normalized spacial score (nSPS) is 10.4. The van der Waals surface area contributed by atoms with Crippen LogP contribution in [0.25, 0.3) is 5.69 Å². The van der Waals surface area contributed by atoms with Gasteiger partial charge in [-0.2, -0.15) is 10.4 Å². The zero-order valence-electron chi connectivity index (χ0n) is 18.1. The molecule has 3 rings (SSSR count). The average Bonchev–Trinajstić information content (AvgIpc) is 3.05. The van der Waals surface area contributed by atoms with E-state index >= 15 is 0 Å². The van der Waals surface area contributed by atoms with Gasteiger partial charge in [0.1, 0.15) is 17.5 Å². The first-order chi connectivity index (χ1) is 15.2. The summed E-state index contributed by atoms with van der Waals surface area (Å²) >= 11 is 6.16. The summed E-state index contributed by atoms with van der Waals surface area (Å²) in [7, 11) is 3.26. The lowest BCUT2D eigenvalue weighted by Crippen LogP contribution is -2.36. The monoisotopic (exact) mass is 451 g/mol. The van der Waals surface area contributed by atoms with Gasteiger partial charge in [0.25, 0.3) is 5.91 Å². The highest BCUT2D eigenvalue weighted by Crippen LogP contribution is 2.31. The molecule has 0 fully saturated rings. The van der Waals surface area contributed by atoms with Crippen molar-refractivity contribution in [3.8, 4) is 23.3 Å². The number of aryl methyl sites for hydroxylation is 1. The molecule has 9 heteroatoms. The highest BCUT2D eigenvalue weighted by molar-refractivity contribution is 6.31. The SMILES string of the molecule is Cc1nn(-c2ccc(C#N)c(Cl)c2)c(C)c1Oc1ccc(C(=O)NCC(=O)N(C)C)cc1. The zero-order valence-corrected chi connectivity index (χ0v) is 18.9. The Bertz CT molecular complexity index is 1210. The number of benzene rings is 2. The predicted molar refractivity (Wildman–Crippen MR) is 120 cm³/mol. The molecular weight excluding hydrogens is 430 g/mol. The molecule has 0 aliphatic heterocycles. The van der Waals surface area contributed by atoms with Crippen LogP contribution in [0.4, 0.5) is 0 Å². The molecule has 0 unspecified atom stereocenters. The molecular formula is C23H22ClN5O3. The molecule has 0 radical (unpaired) electrons.